The van der Waals surface area contributed by atoms with Gasteiger partial charge >= 0.3 is 0 Å². The summed E-state index contributed by atoms with van der Waals surface area (Å²) in [6.07, 6.45) is 0. The van der Waals surface area contributed by atoms with Gasteiger partial charge in [-0.1, -0.05) is 22.6 Å². The summed E-state index contributed by atoms with van der Waals surface area (Å²) in [6.45, 7) is 0. The molecule has 0 atom stereocenters. The minimum Gasteiger partial charge on any atom is -0.0513 e. The largest absolute Gasteiger partial charge is 0.0619 e. The van der Waals surface area contributed by atoms with Gasteiger partial charge in [0.05, 0.1) is 2.49 Å². The molecular formula is C2HBrI2. The second-order valence-corrected chi connectivity index (χ2v) is 4.52. The molecule has 0 aliphatic heterocycles. The van der Waals surface area contributed by atoms with Crippen LogP contribution in [0.4, 0.5) is 0 Å². The van der Waals surface area contributed by atoms with Gasteiger partial charge in [-0.15, -0.1) is 0 Å². The van der Waals surface area contributed by atoms with Crippen molar-refractivity contribution in [3.63, 3.8) is 0 Å². The Bertz CT molecular complexity index is 45.6. The molecule has 0 unspecified atom stereocenters. The summed E-state index contributed by atoms with van der Waals surface area (Å²) in [5.74, 6) is 0. The summed E-state index contributed by atoms with van der Waals surface area (Å²) in [5, 5.41) is 0. The maximum Gasteiger partial charge on any atom is 0.0619 e. The first-order chi connectivity index (χ1) is 2.27. The van der Waals surface area contributed by atoms with Crippen molar-refractivity contribution in [1.29, 1.82) is 0 Å². The van der Waals surface area contributed by atoms with Crippen LogP contribution in [0.25, 0.3) is 0 Å². The predicted octanol–water partition coefficient (Wildman–Crippen LogP) is 3.05. The Balaban J connectivity index is 3.14. The van der Waals surface area contributed by atoms with Crippen molar-refractivity contribution in [2.24, 2.45) is 0 Å². The maximum absolute atomic E-state index is 3.21. The Labute approximate surface area is 66.8 Å². The minimum absolute atomic E-state index is 1.15. The fourth-order valence-corrected chi connectivity index (χ4v) is 0. The van der Waals surface area contributed by atoms with Gasteiger partial charge in [0.2, 0.25) is 0 Å². The lowest BCUT2D eigenvalue weighted by Crippen LogP contribution is -1.28. The summed E-state index contributed by atoms with van der Waals surface area (Å²) in [7, 11) is 0. The molecule has 0 aliphatic carbocycles. The first-order valence-corrected chi connectivity index (χ1v) is 4.00. The van der Waals surface area contributed by atoms with Crippen LogP contribution in [0, 0.1) is 0 Å². The molecule has 0 heterocycles. The third-order valence-electron chi connectivity index (χ3n) is 0.0825. The zero-order valence-corrected chi connectivity index (χ0v) is 8.11. The van der Waals surface area contributed by atoms with E-state index in [0.29, 0.717) is 0 Å². The molecule has 0 N–H and O–H groups in total. The predicted molar refractivity (Wildman–Crippen MR) is 45.0 cm³/mol. The van der Waals surface area contributed by atoms with Gasteiger partial charge in [0.25, 0.3) is 0 Å². The summed E-state index contributed by atoms with van der Waals surface area (Å²) in [5.41, 5.74) is 0. The highest BCUT2D eigenvalue weighted by Gasteiger charge is 1.68. The van der Waals surface area contributed by atoms with E-state index >= 15 is 0 Å². The van der Waals surface area contributed by atoms with Crippen molar-refractivity contribution in [1.82, 2.24) is 0 Å². The van der Waals surface area contributed by atoms with Crippen LogP contribution in [0.5, 0.6) is 0 Å². The first-order valence-electron chi connectivity index (χ1n) is 0.885. The molecule has 0 saturated heterocycles. The summed E-state index contributed by atoms with van der Waals surface area (Å²) in [6, 6.07) is 0. The average Bonchev–Trinajstić information content (AvgIpc) is 1.38. The van der Waals surface area contributed by atoms with Crippen LogP contribution in [-0.4, -0.2) is 0 Å². The minimum atomic E-state index is 1.15. The van der Waals surface area contributed by atoms with Crippen LogP contribution in [-0.2, 0) is 0 Å². The van der Waals surface area contributed by atoms with Gasteiger partial charge in [-0.25, -0.2) is 0 Å². The number of halogens is 3. The van der Waals surface area contributed by atoms with Crippen LogP contribution in [0.15, 0.2) is 6.57 Å². The molecule has 0 aliphatic rings. The highest BCUT2D eigenvalue weighted by atomic mass is 127. The smallest absolute Gasteiger partial charge is 0.0513 e. The highest BCUT2D eigenvalue weighted by molar-refractivity contribution is 14.1. The molecule has 0 aromatic rings. The van der Waals surface area contributed by atoms with E-state index in [0.717, 1.165) is 2.49 Å². The van der Waals surface area contributed by atoms with Gasteiger partial charge in [0.1, 0.15) is 0 Å². The third kappa shape index (κ3) is 5.68. The van der Waals surface area contributed by atoms with Crippen LogP contribution in [0.2, 0.25) is 0 Å². The Hall–Kier alpha value is 1.68. The van der Waals surface area contributed by atoms with Gasteiger partial charge in [0.15, 0.2) is 0 Å². The first kappa shape index (κ1) is 6.68. The monoisotopic (exact) mass is 358 g/mol. The van der Waals surface area contributed by atoms with Gasteiger partial charge in [-0.3, -0.25) is 0 Å². The number of rotatable bonds is 0. The van der Waals surface area contributed by atoms with Gasteiger partial charge < -0.3 is 0 Å². The van der Waals surface area contributed by atoms with Gasteiger partial charge in [-0.05, 0) is 42.6 Å². The van der Waals surface area contributed by atoms with Crippen LogP contribution < -0.4 is 0 Å². The van der Waals surface area contributed by atoms with E-state index in [4.69, 9.17) is 0 Å². The van der Waals surface area contributed by atoms with Gasteiger partial charge in [-0.2, -0.15) is 0 Å². The van der Waals surface area contributed by atoms with E-state index in [9.17, 15) is 0 Å². The molecule has 0 amide bonds. The summed E-state index contributed by atoms with van der Waals surface area (Å²) < 4.78 is 3.11. The van der Waals surface area contributed by atoms with Crippen molar-refractivity contribution in [3.8, 4) is 0 Å². The highest BCUT2D eigenvalue weighted by Crippen LogP contribution is 2.14. The van der Waals surface area contributed by atoms with Gasteiger partial charge in [0, 0.05) is 0 Å². The Morgan fingerprint density at radius 3 is 2.00 bits per heavy atom. The van der Waals surface area contributed by atoms with E-state index in [1.54, 1.807) is 0 Å². The molecule has 0 spiro atoms. The standard InChI is InChI=1S/C2HBrI2/c3-2(5)1-4/h1H. The van der Waals surface area contributed by atoms with Crippen LogP contribution >= 0.6 is 61.1 Å². The molecule has 3 heteroatoms. The summed E-state index contributed by atoms with van der Waals surface area (Å²) >= 11 is 7.55. The molecular weight excluding hydrogens is 358 g/mol. The molecule has 5 heavy (non-hydrogen) atoms. The zero-order valence-electron chi connectivity index (χ0n) is 2.21. The van der Waals surface area contributed by atoms with Crippen molar-refractivity contribution in [2.45, 2.75) is 0 Å². The SMILES string of the molecule is BrC(I)=CI. The lowest BCUT2D eigenvalue weighted by molar-refractivity contribution is 2.63. The van der Waals surface area contributed by atoms with E-state index in [2.05, 4.69) is 61.1 Å². The molecule has 0 aromatic heterocycles. The van der Waals surface area contributed by atoms with Crippen molar-refractivity contribution >= 4 is 61.1 Å². The molecule has 0 aromatic carbocycles. The topological polar surface area (TPSA) is 0 Å². The Morgan fingerprint density at radius 2 is 2.00 bits per heavy atom. The second kappa shape index (κ2) is 3.86. The van der Waals surface area contributed by atoms with Crippen LogP contribution in [0.1, 0.15) is 0 Å². The molecule has 0 saturated carbocycles. The average molecular weight is 359 g/mol. The molecule has 0 radical (unpaired) electrons. The quantitative estimate of drug-likeness (QED) is 0.584. The maximum atomic E-state index is 3.21. The second-order valence-electron chi connectivity index (χ2n) is 0.399. The van der Waals surface area contributed by atoms with Crippen molar-refractivity contribution in [2.75, 3.05) is 0 Å². The summed E-state index contributed by atoms with van der Waals surface area (Å²) in [4.78, 5) is 0. The van der Waals surface area contributed by atoms with E-state index in [1.807, 2.05) is 4.08 Å². The molecule has 0 fully saturated rings. The zero-order chi connectivity index (χ0) is 4.28. The number of hydrogen-bond donors (Lipinski definition) is 0. The fourth-order valence-electron chi connectivity index (χ4n) is 0. The third-order valence-corrected chi connectivity index (χ3v) is 3.29. The number of hydrogen-bond acceptors (Lipinski definition) is 0. The molecule has 0 bridgehead atoms. The Morgan fingerprint density at radius 1 is 1.80 bits per heavy atom. The molecule has 0 rings (SSSR count). The fraction of sp³-hybridized carbons (Fsp3) is 0. The van der Waals surface area contributed by atoms with E-state index < -0.39 is 0 Å². The van der Waals surface area contributed by atoms with E-state index in [1.165, 1.54) is 0 Å². The van der Waals surface area contributed by atoms with Crippen molar-refractivity contribution < 1.29 is 0 Å². The van der Waals surface area contributed by atoms with Crippen LogP contribution in [0.3, 0.4) is 0 Å². The molecule has 0 nitrogen and oxygen atoms in total. The normalized spacial score (nSPS) is 12.2. The lowest BCUT2D eigenvalue weighted by atomic mass is 11.3. The molecule has 30 valence electrons. The van der Waals surface area contributed by atoms with Crippen molar-refractivity contribution in [3.05, 3.63) is 6.57 Å². The van der Waals surface area contributed by atoms with E-state index in [-0.39, 0.29) is 0 Å². The Kier molecular flexibility index (Phi) is 5.15. The lowest BCUT2D eigenvalue weighted by Gasteiger charge is -1.66.